The lowest BCUT2D eigenvalue weighted by Crippen LogP contribution is -2.21. The van der Waals surface area contributed by atoms with Crippen molar-refractivity contribution in [2.45, 2.75) is 26.3 Å². The molecule has 2 heterocycles. The third-order valence-corrected chi connectivity index (χ3v) is 8.32. The van der Waals surface area contributed by atoms with Gasteiger partial charge in [0.15, 0.2) is 0 Å². The van der Waals surface area contributed by atoms with E-state index in [1.807, 2.05) is 0 Å². The van der Waals surface area contributed by atoms with Gasteiger partial charge in [0, 0.05) is 50.5 Å². The molecule has 196 valence electrons. The van der Waals surface area contributed by atoms with Gasteiger partial charge in [-0.1, -0.05) is 78.9 Å². The molecule has 0 amide bonds. The zero-order chi connectivity index (χ0) is 27.7. The number of para-hydroxylation sites is 1. The summed E-state index contributed by atoms with van der Waals surface area (Å²) in [6.07, 6.45) is 3.56. The molecule has 8 aromatic rings. The van der Waals surface area contributed by atoms with Gasteiger partial charge in [-0.05, 0) is 84.1 Å². The average molecular weight is 528 g/mol. The van der Waals surface area contributed by atoms with Crippen LogP contribution in [0.1, 0.15) is 20.8 Å². The fraction of sp³-hybridized carbons (Fsp3) is 0.105. The second-order valence-corrected chi connectivity index (χ2v) is 11.9. The maximum atomic E-state index is 4.71. The van der Waals surface area contributed by atoms with Crippen LogP contribution in [0, 0.1) is 0 Å². The van der Waals surface area contributed by atoms with Crippen molar-refractivity contribution in [3.63, 3.8) is 0 Å². The lowest BCUT2D eigenvalue weighted by Gasteiger charge is -2.24. The Labute approximate surface area is 238 Å². The molecule has 3 nitrogen and oxygen atoms in total. The van der Waals surface area contributed by atoms with Crippen LogP contribution in [0.3, 0.4) is 0 Å². The van der Waals surface area contributed by atoms with E-state index in [0.29, 0.717) is 0 Å². The number of aromatic nitrogens is 3. The van der Waals surface area contributed by atoms with E-state index in [1.165, 1.54) is 54.8 Å². The van der Waals surface area contributed by atoms with E-state index in [4.69, 9.17) is 4.98 Å². The maximum Gasteiger partial charge on any atom is 0.0971 e. The normalized spacial score (nSPS) is 12.3. The molecule has 0 spiro atoms. The second kappa shape index (κ2) is 8.74. The zero-order valence-corrected chi connectivity index (χ0v) is 23.4. The molecule has 0 aliphatic heterocycles. The summed E-state index contributed by atoms with van der Waals surface area (Å²) in [6, 6.07) is 39.8. The number of benzene rings is 6. The van der Waals surface area contributed by atoms with Gasteiger partial charge in [-0.2, -0.15) is 0 Å². The third-order valence-electron chi connectivity index (χ3n) is 8.32. The molecule has 2 aromatic heterocycles. The quantitative estimate of drug-likeness (QED) is 0.209. The Morgan fingerprint density at radius 3 is 1.68 bits per heavy atom. The highest BCUT2D eigenvalue weighted by Crippen LogP contribution is 2.38. The van der Waals surface area contributed by atoms with Crippen molar-refractivity contribution in [3.05, 3.63) is 122 Å². The van der Waals surface area contributed by atoms with Crippen LogP contribution in [0.15, 0.2) is 122 Å². The minimum Gasteiger partial charge on any atom is -0.335 e. The molecular weight excluding hydrogens is 498 g/mol. The van der Waals surface area contributed by atoms with Crippen molar-refractivity contribution < 1.29 is 0 Å². The van der Waals surface area contributed by atoms with Crippen LogP contribution >= 0.6 is 0 Å². The van der Waals surface area contributed by atoms with Crippen LogP contribution in [-0.2, 0) is 5.54 Å². The first-order valence-corrected chi connectivity index (χ1v) is 14.2. The first kappa shape index (κ1) is 23.8. The summed E-state index contributed by atoms with van der Waals surface area (Å²) in [5.41, 5.74) is 9.27. The zero-order valence-electron chi connectivity index (χ0n) is 23.4. The number of hydrogen-bond donors (Lipinski definition) is 0. The van der Waals surface area contributed by atoms with Crippen molar-refractivity contribution in [2.75, 3.05) is 0 Å². The summed E-state index contributed by atoms with van der Waals surface area (Å²) in [7, 11) is 0. The van der Waals surface area contributed by atoms with Crippen molar-refractivity contribution in [1.29, 1.82) is 0 Å². The molecule has 0 saturated carbocycles. The number of nitrogens with zero attached hydrogens (tertiary/aromatic N) is 3. The van der Waals surface area contributed by atoms with Gasteiger partial charge in [0.1, 0.15) is 0 Å². The highest BCUT2D eigenvalue weighted by atomic mass is 15.0. The van der Waals surface area contributed by atoms with E-state index in [1.54, 1.807) is 12.4 Å². The topological polar surface area (TPSA) is 30.7 Å². The lowest BCUT2D eigenvalue weighted by atomic mass is 9.94. The Balaban J connectivity index is 1.30. The Morgan fingerprint density at radius 2 is 0.976 bits per heavy atom. The van der Waals surface area contributed by atoms with Gasteiger partial charge in [-0.15, -0.1) is 0 Å². The SMILES string of the molecule is CC(C)(C)n1c2ccccc2c2cc(-c3cccc(-c4ccc5c(c4)c4ccccc4c4nccnc54)c3)ccc21. The van der Waals surface area contributed by atoms with Crippen molar-refractivity contribution in [3.8, 4) is 22.3 Å². The van der Waals surface area contributed by atoms with Crippen LogP contribution in [0.2, 0.25) is 0 Å². The van der Waals surface area contributed by atoms with Crippen LogP contribution in [0.25, 0.3) is 76.6 Å². The van der Waals surface area contributed by atoms with Crippen LogP contribution < -0.4 is 0 Å². The molecule has 8 rings (SSSR count). The van der Waals surface area contributed by atoms with Gasteiger partial charge in [0.05, 0.1) is 11.0 Å². The van der Waals surface area contributed by atoms with Crippen LogP contribution in [0.5, 0.6) is 0 Å². The molecule has 0 aliphatic carbocycles. The van der Waals surface area contributed by atoms with E-state index in [2.05, 4.69) is 140 Å². The van der Waals surface area contributed by atoms with E-state index in [9.17, 15) is 0 Å². The Morgan fingerprint density at radius 1 is 0.439 bits per heavy atom. The number of fused-ring (bicyclic) bond motifs is 9. The van der Waals surface area contributed by atoms with E-state index in [0.717, 1.165) is 21.8 Å². The molecule has 0 aliphatic rings. The number of hydrogen-bond acceptors (Lipinski definition) is 2. The average Bonchev–Trinajstić information content (AvgIpc) is 3.35. The minimum absolute atomic E-state index is 0.0139. The largest absolute Gasteiger partial charge is 0.335 e. The van der Waals surface area contributed by atoms with E-state index in [-0.39, 0.29) is 5.54 Å². The van der Waals surface area contributed by atoms with Crippen molar-refractivity contribution in [2.24, 2.45) is 0 Å². The predicted molar refractivity (Wildman–Crippen MR) is 173 cm³/mol. The second-order valence-electron chi connectivity index (χ2n) is 11.9. The van der Waals surface area contributed by atoms with Gasteiger partial charge < -0.3 is 4.57 Å². The summed E-state index contributed by atoms with van der Waals surface area (Å²) >= 11 is 0. The molecule has 0 radical (unpaired) electrons. The molecule has 0 atom stereocenters. The molecule has 41 heavy (non-hydrogen) atoms. The van der Waals surface area contributed by atoms with E-state index < -0.39 is 0 Å². The number of rotatable bonds is 2. The van der Waals surface area contributed by atoms with Gasteiger partial charge >= 0.3 is 0 Å². The highest BCUT2D eigenvalue weighted by molar-refractivity contribution is 6.23. The molecule has 0 fully saturated rings. The Kier molecular flexibility index (Phi) is 5.08. The van der Waals surface area contributed by atoms with Crippen LogP contribution in [-0.4, -0.2) is 14.5 Å². The molecule has 6 aromatic carbocycles. The minimum atomic E-state index is -0.0139. The first-order valence-electron chi connectivity index (χ1n) is 14.2. The Bertz CT molecular complexity index is 2270. The fourth-order valence-electron chi connectivity index (χ4n) is 6.56. The van der Waals surface area contributed by atoms with E-state index >= 15 is 0 Å². The van der Waals surface area contributed by atoms with Crippen LogP contribution in [0.4, 0.5) is 0 Å². The molecule has 0 N–H and O–H groups in total. The molecular formula is C38H29N3. The first-order chi connectivity index (χ1) is 20.0. The van der Waals surface area contributed by atoms with Crippen molar-refractivity contribution >= 4 is 54.4 Å². The summed E-state index contributed by atoms with van der Waals surface area (Å²) < 4.78 is 2.46. The van der Waals surface area contributed by atoms with Crippen molar-refractivity contribution in [1.82, 2.24) is 14.5 Å². The fourth-order valence-corrected chi connectivity index (χ4v) is 6.56. The van der Waals surface area contributed by atoms with Gasteiger partial charge in [0.25, 0.3) is 0 Å². The summed E-state index contributed by atoms with van der Waals surface area (Å²) in [4.78, 5) is 9.39. The summed E-state index contributed by atoms with van der Waals surface area (Å²) in [6.45, 7) is 6.83. The summed E-state index contributed by atoms with van der Waals surface area (Å²) in [5.74, 6) is 0. The monoisotopic (exact) mass is 527 g/mol. The predicted octanol–water partition coefficient (Wildman–Crippen LogP) is 10.1. The molecule has 0 saturated heterocycles. The maximum absolute atomic E-state index is 4.71. The van der Waals surface area contributed by atoms with Gasteiger partial charge in [0.2, 0.25) is 0 Å². The summed E-state index contributed by atoms with van der Waals surface area (Å²) in [5, 5.41) is 7.27. The highest BCUT2D eigenvalue weighted by Gasteiger charge is 2.20. The smallest absolute Gasteiger partial charge is 0.0971 e. The third kappa shape index (κ3) is 3.66. The molecule has 3 heteroatoms. The molecule has 0 bridgehead atoms. The standard InChI is InChI=1S/C38H29N3/c1-38(2,3)41-34-14-7-6-12-29(34)33-23-27(16-18-35(33)41)25-10-8-9-24(21-25)26-15-17-31-32(22-26)28-11-4-5-13-30(28)36-37(31)40-20-19-39-36/h4-23H,1-3H3. The van der Waals surface area contributed by atoms with Gasteiger partial charge in [-0.3, -0.25) is 9.97 Å². The molecule has 0 unspecified atom stereocenters. The Hall–Kier alpha value is -5.02. The lowest BCUT2D eigenvalue weighted by molar-refractivity contribution is 0.423. The van der Waals surface area contributed by atoms with Gasteiger partial charge in [-0.25, -0.2) is 0 Å².